The molecule has 0 aliphatic carbocycles. The molecule has 2 aromatic heterocycles. The summed E-state index contributed by atoms with van der Waals surface area (Å²) in [6.45, 7) is 3.76. The number of carbonyl (C=O) groups excluding carboxylic acids is 3. The number of benzene rings is 4. The van der Waals surface area contributed by atoms with Gasteiger partial charge in [0.15, 0.2) is 0 Å². The molecule has 9 heteroatoms. The van der Waals surface area contributed by atoms with Gasteiger partial charge < -0.3 is 24.9 Å². The average molecular weight is 591 g/mol. The Kier molecular flexibility index (Phi) is 6.43. The van der Waals surface area contributed by atoms with Gasteiger partial charge in [-0.25, -0.2) is 0 Å². The van der Waals surface area contributed by atoms with Gasteiger partial charge in [-0.15, -0.1) is 11.6 Å². The van der Waals surface area contributed by atoms with Gasteiger partial charge in [-0.05, 0) is 59.8 Å². The molecule has 0 bridgehead atoms. The number of esters is 1. The molecule has 6 aromatic rings. The van der Waals surface area contributed by atoms with Crippen LogP contribution in [0.25, 0.3) is 32.6 Å². The van der Waals surface area contributed by atoms with Crippen LogP contribution in [-0.4, -0.2) is 40.2 Å². The van der Waals surface area contributed by atoms with Crippen molar-refractivity contribution in [3.63, 3.8) is 0 Å². The second-order valence-corrected chi connectivity index (χ2v) is 11.2. The number of H-pyrrole nitrogens is 2. The molecular formula is C34H27ClN4O4. The van der Waals surface area contributed by atoms with Gasteiger partial charge in [0.25, 0.3) is 11.8 Å². The Balaban J connectivity index is 1.19. The van der Waals surface area contributed by atoms with Crippen LogP contribution in [-0.2, 0) is 4.79 Å². The molecule has 43 heavy (non-hydrogen) atoms. The quantitative estimate of drug-likeness (QED) is 0.111. The van der Waals surface area contributed by atoms with Crippen molar-refractivity contribution in [2.45, 2.75) is 19.8 Å². The summed E-state index contributed by atoms with van der Waals surface area (Å²) in [5.41, 5.74) is 5.88. The fraction of sp³-hybridized carbons (Fsp3) is 0.147. The number of anilines is 2. The highest BCUT2D eigenvalue weighted by molar-refractivity contribution is 6.19. The lowest BCUT2D eigenvalue weighted by Crippen LogP contribution is -2.30. The summed E-state index contributed by atoms with van der Waals surface area (Å²) in [5.74, 6) is -0.272. The number of hydrogen-bond acceptors (Lipinski definition) is 4. The van der Waals surface area contributed by atoms with Crippen molar-refractivity contribution in [2.24, 2.45) is 0 Å². The number of aromatic nitrogens is 2. The van der Waals surface area contributed by atoms with Gasteiger partial charge in [0.2, 0.25) is 0 Å². The van der Waals surface area contributed by atoms with Crippen molar-refractivity contribution >= 4 is 73.3 Å². The van der Waals surface area contributed by atoms with E-state index in [2.05, 4.69) is 15.3 Å². The lowest BCUT2D eigenvalue weighted by molar-refractivity contribution is -0.131. The molecule has 0 saturated heterocycles. The first kappa shape index (κ1) is 26.8. The second-order valence-electron chi connectivity index (χ2n) is 10.9. The number of amides is 2. The molecule has 214 valence electrons. The Morgan fingerprint density at radius 1 is 0.907 bits per heavy atom. The number of aryl methyl sites for hydroxylation is 1. The minimum Gasteiger partial charge on any atom is -0.426 e. The Morgan fingerprint density at radius 3 is 2.47 bits per heavy atom. The number of alkyl halides is 1. The van der Waals surface area contributed by atoms with Gasteiger partial charge >= 0.3 is 5.97 Å². The smallest absolute Gasteiger partial charge is 0.308 e. The van der Waals surface area contributed by atoms with Crippen molar-refractivity contribution in [3.05, 3.63) is 101 Å². The maximum atomic E-state index is 13.9. The third-order valence-corrected chi connectivity index (χ3v) is 8.32. The fourth-order valence-corrected chi connectivity index (χ4v) is 6.25. The predicted octanol–water partition coefficient (Wildman–Crippen LogP) is 7.27. The number of halogens is 1. The average Bonchev–Trinajstić information content (AvgIpc) is 3.71. The number of ether oxygens (including phenoxy) is 1. The molecule has 0 saturated carbocycles. The number of fused-ring (bicyclic) bond motifs is 5. The van der Waals surface area contributed by atoms with Crippen LogP contribution >= 0.6 is 11.6 Å². The molecule has 3 N–H and O–H groups in total. The van der Waals surface area contributed by atoms with Crippen LogP contribution in [0.5, 0.6) is 5.75 Å². The summed E-state index contributed by atoms with van der Waals surface area (Å²) in [6, 6.07) is 24.5. The molecule has 4 aromatic carbocycles. The number of aromatic amines is 2. The number of rotatable bonds is 5. The molecule has 0 fully saturated rings. The summed E-state index contributed by atoms with van der Waals surface area (Å²) in [7, 11) is 0. The molecule has 1 aliphatic rings. The van der Waals surface area contributed by atoms with Gasteiger partial charge in [0.05, 0.1) is 5.69 Å². The van der Waals surface area contributed by atoms with Crippen LogP contribution < -0.4 is 15.0 Å². The van der Waals surface area contributed by atoms with E-state index in [4.69, 9.17) is 16.3 Å². The van der Waals surface area contributed by atoms with E-state index in [1.807, 2.05) is 67.6 Å². The second kappa shape index (κ2) is 10.3. The summed E-state index contributed by atoms with van der Waals surface area (Å²) < 4.78 is 5.55. The monoisotopic (exact) mass is 590 g/mol. The summed E-state index contributed by atoms with van der Waals surface area (Å²) in [5, 5.41) is 6.39. The van der Waals surface area contributed by atoms with Crippen LogP contribution in [0.3, 0.4) is 0 Å². The zero-order chi connectivity index (χ0) is 29.8. The molecular weight excluding hydrogens is 564 g/mol. The molecule has 0 radical (unpaired) electrons. The molecule has 2 amide bonds. The van der Waals surface area contributed by atoms with Crippen LogP contribution in [0.15, 0.2) is 78.9 Å². The first-order valence-corrected chi connectivity index (χ1v) is 14.5. The van der Waals surface area contributed by atoms with Crippen molar-refractivity contribution in [2.75, 3.05) is 22.6 Å². The topological polar surface area (TPSA) is 107 Å². The Hall–Kier alpha value is -5.08. The van der Waals surface area contributed by atoms with E-state index in [0.29, 0.717) is 40.9 Å². The van der Waals surface area contributed by atoms with Crippen molar-refractivity contribution in [3.8, 4) is 5.75 Å². The van der Waals surface area contributed by atoms with Crippen LogP contribution in [0.4, 0.5) is 11.4 Å². The lowest BCUT2D eigenvalue weighted by atomic mass is 9.95. The van der Waals surface area contributed by atoms with Gasteiger partial charge in [0.1, 0.15) is 17.1 Å². The van der Waals surface area contributed by atoms with E-state index < -0.39 is 5.97 Å². The lowest BCUT2D eigenvalue weighted by Gasteiger charge is -2.18. The minimum absolute atomic E-state index is 0.0864. The summed E-state index contributed by atoms with van der Waals surface area (Å²) in [6.07, 6.45) is 0. The van der Waals surface area contributed by atoms with E-state index in [1.165, 1.54) is 6.92 Å². The molecule has 1 atom stereocenters. The van der Waals surface area contributed by atoms with Gasteiger partial charge in [-0.1, -0.05) is 36.4 Å². The van der Waals surface area contributed by atoms with Gasteiger partial charge in [0, 0.05) is 64.2 Å². The number of carbonyl (C=O) groups is 3. The Morgan fingerprint density at radius 2 is 1.67 bits per heavy atom. The Labute approximate surface area is 251 Å². The van der Waals surface area contributed by atoms with Crippen molar-refractivity contribution in [1.82, 2.24) is 9.97 Å². The van der Waals surface area contributed by atoms with Crippen LogP contribution in [0.1, 0.15) is 44.9 Å². The first-order chi connectivity index (χ1) is 20.8. The van der Waals surface area contributed by atoms with E-state index in [9.17, 15) is 14.4 Å². The highest BCUT2D eigenvalue weighted by Gasteiger charge is 2.35. The molecule has 8 nitrogen and oxygen atoms in total. The SMILES string of the molecule is CC(=O)Oc1cc2c(c3ccccc13)C(CCl)CN2C(=O)c1cc2cc(NC(=O)c3cc4ccc(C)cc4[nH]3)ccc2[nH]1. The Bertz CT molecular complexity index is 2110. The zero-order valence-corrected chi connectivity index (χ0v) is 24.2. The van der Waals surface area contributed by atoms with E-state index in [-0.39, 0.29) is 17.7 Å². The van der Waals surface area contributed by atoms with Crippen LogP contribution in [0.2, 0.25) is 0 Å². The first-order valence-electron chi connectivity index (χ1n) is 13.9. The number of nitrogens with zero attached hydrogens (tertiary/aromatic N) is 1. The molecule has 1 unspecified atom stereocenters. The third-order valence-electron chi connectivity index (χ3n) is 7.95. The predicted molar refractivity (Wildman–Crippen MR) is 170 cm³/mol. The normalized spacial score (nSPS) is 14.4. The van der Waals surface area contributed by atoms with E-state index in [0.717, 1.165) is 43.7 Å². The van der Waals surface area contributed by atoms with Gasteiger partial charge in [-0.2, -0.15) is 0 Å². The number of hydrogen-bond donors (Lipinski definition) is 3. The highest BCUT2D eigenvalue weighted by Crippen LogP contribution is 2.46. The minimum atomic E-state index is -0.437. The summed E-state index contributed by atoms with van der Waals surface area (Å²) >= 11 is 6.41. The summed E-state index contributed by atoms with van der Waals surface area (Å²) in [4.78, 5) is 46.9. The van der Waals surface area contributed by atoms with Crippen LogP contribution in [0, 0.1) is 6.92 Å². The standard InChI is InChI=1S/C34H27ClN4O4/c1-18-7-8-20-13-28(38-27(20)11-18)33(41)36-23-9-10-26-21(12-23)14-29(37-26)34(42)39-17-22(16-35)32-25-6-4-3-5-24(25)31(15-30(32)39)43-19(2)40/h3-15,22,37-38H,16-17H2,1-2H3,(H,36,41). The van der Waals surface area contributed by atoms with E-state index in [1.54, 1.807) is 23.1 Å². The van der Waals surface area contributed by atoms with Crippen molar-refractivity contribution in [1.29, 1.82) is 0 Å². The molecule has 7 rings (SSSR count). The molecule has 3 heterocycles. The van der Waals surface area contributed by atoms with Crippen molar-refractivity contribution < 1.29 is 19.1 Å². The maximum absolute atomic E-state index is 13.9. The third kappa shape index (κ3) is 4.70. The zero-order valence-electron chi connectivity index (χ0n) is 23.5. The molecule has 0 spiro atoms. The van der Waals surface area contributed by atoms with Gasteiger partial charge in [-0.3, -0.25) is 14.4 Å². The largest absolute Gasteiger partial charge is 0.426 e. The fourth-order valence-electron chi connectivity index (χ4n) is 6.00. The maximum Gasteiger partial charge on any atom is 0.308 e. The highest BCUT2D eigenvalue weighted by atomic mass is 35.5. The van der Waals surface area contributed by atoms with E-state index >= 15 is 0 Å². The number of nitrogens with one attached hydrogen (secondary N) is 3. The molecule has 1 aliphatic heterocycles.